The summed E-state index contributed by atoms with van der Waals surface area (Å²) in [7, 11) is 0. The molecule has 0 amide bonds. The van der Waals surface area contributed by atoms with Crippen molar-refractivity contribution in [2.24, 2.45) is 0 Å². The van der Waals surface area contributed by atoms with Gasteiger partial charge in [0.05, 0.1) is 5.02 Å². The van der Waals surface area contributed by atoms with Gasteiger partial charge in [-0.2, -0.15) is 5.10 Å². The van der Waals surface area contributed by atoms with Gasteiger partial charge in [0.15, 0.2) is 11.3 Å². The summed E-state index contributed by atoms with van der Waals surface area (Å²) in [4.78, 5) is 10.9. The Kier molecular flexibility index (Phi) is 2.23. The molecule has 1 N–H and O–H groups in total. The van der Waals surface area contributed by atoms with E-state index in [1.54, 1.807) is 12.1 Å². The van der Waals surface area contributed by atoms with Gasteiger partial charge in [0, 0.05) is 11.5 Å². The van der Waals surface area contributed by atoms with Gasteiger partial charge in [0.25, 0.3) is 5.56 Å². The smallest absolute Gasteiger partial charge is 0.264 e. The molecule has 2 heterocycles. The third-order valence-corrected chi connectivity index (χ3v) is 2.73. The molecule has 1 aromatic carbocycles. The van der Waals surface area contributed by atoms with Gasteiger partial charge in [-0.05, 0) is 18.2 Å². The number of hydrogen-bond acceptors (Lipinski definition) is 3. The van der Waals surface area contributed by atoms with E-state index in [1.165, 1.54) is 6.07 Å². The molecule has 0 bridgehead atoms. The summed E-state index contributed by atoms with van der Waals surface area (Å²) in [6.07, 6.45) is 0. The van der Waals surface area contributed by atoms with Crippen molar-refractivity contribution in [2.75, 3.05) is 0 Å². The largest absolute Gasteiger partial charge is 0.453 e. The summed E-state index contributed by atoms with van der Waals surface area (Å²) in [6.45, 7) is 0. The first kappa shape index (κ1) is 10.1. The molecular weight excluding hydrogens is 240 g/mol. The Hall–Kier alpha value is -2.07. The summed E-state index contributed by atoms with van der Waals surface area (Å²) in [5.41, 5.74) is 0.942. The van der Waals surface area contributed by atoms with Crippen LogP contribution in [0.5, 0.6) is 0 Å². The van der Waals surface area contributed by atoms with E-state index in [0.29, 0.717) is 22.1 Å². The van der Waals surface area contributed by atoms with Crippen LogP contribution in [0.25, 0.3) is 22.4 Å². The summed E-state index contributed by atoms with van der Waals surface area (Å²) < 4.78 is 5.61. The molecule has 3 aromatic rings. The molecule has 0 spiro atoms. The maximum atomic E-state index is 10.9. The van der Waals surface area contributed by atoms with E-state index in [1.807, 2.05) is 18.2 Å². The maximum Gasteiger partial charge on any atom is 0.264 e. The van der Waals surface area contributed by atoms with Crippen molar-refractivity contribution in [3.8, 4) is 11.5 Å². The highest BCUT2D eigenvalue weighted by Gasteiger charge is 2.09. The number of furan rings is 1. The highest BCUT2D eigenvalue weighted by atomic mass is 35.5. The number of nitrogens with one attached hydrogen (secondary N) is 1. The van der Waals surface area contributed by atoms with Crippen molar-refractivity contribution in [3.05, 3.63) is 51.8 Å². The third kappa shape index (κ3) is 1.72. The molecule has 0 saturated carbocycles. The second-order valence-electron chi connectivity index (χ2n) is 3.58. The van der Waals surface area contributed by atoms with E-state index in [9.17, 15) is 4.79 Å². The van der Waals surface area contributed by atoms with Crippen molar-refractivity contribution >= 4 is 22.6 Å². The lowest BCUT2D eigenvalue weighted by Gasteiger charge is -1.93. The molecule has 0 aliphatic rings. The molecule has 84 valence electrons. The molecule has 2 aromatic heterocycles. The molecule has 5 heteroatoms. The van der Waals surface area contributed by atoms with Crippen LogP contribution < -0.4 is 5.56 Å². The summed E-state index contributed by atoms with van der Waals surface area (Å²) >= 11 is 6.01. The van der Waals surface area contributed by atoms with E-state index >= 15 is 0 Å². The fraction of sp³-hybridized carbons (Fsp3) is 0. The number of hydrogen-bond donors (Lipinski definition) is 1. The van der Waals surface area contributed by atoms with E-state index in [0.717, 1.165) is 5.39 Å². The first-order valence-electron chi connectivity index (χ1n) is 4.98. The second kappa shape index (κ2) is 3.75. The number of aromatic nitrogens is 2. The van der Waals surface area contributed by atoms with Crippen LogP contribution in [0.1, 0.15) is 0 Å². The minimum absolute atomic E-state index is 0.247. The van der Waals surface area contributed by atoms with E-state index in [4.69, 9.17) is 16.0 Å². The molecule has 0 radical (unpaired) electrons. The predicted molar refractivity (Wildman–Crippen MR) is 65.1 cm³/mol. The Labute approximate surface area is 101 Å². The fourth-order valence-corrected chi connectivity index (χ4v) is 1.86. The van der Waals surface area contributed by atoms with Crippen LogP contribution in [0.4, 0.5) is 0 Å². The van der Waals surface area contributed by atoms with Gasteiger partial charge in [0.1, 0.15) is 5.69 Å². The summed E-state index contributed by atoms with van der Waals surface area (Å²) in [5.74, 6) is 0.573. The Morgan fingerprint density at radius 1 is 1.24 bits per heavy atom. The Morgan fingerprint density at radius 2 is 2.12 bits per heavy atom. The van der Waals surface area contributed by atoms with Gasteiger partial charge in [-0.15, -0.1) is 0 Å². The summed E-state index contributed by atoms with van der Waals surface area (Å²) in [6, 6.07) is 10.4. The number of para-hydroxylation sites is 1. The average Bonchev–Trinajstić information content (AvgIpc) is 2.75. The predicted octanol–water partition coefficient (Wildman–Crippen LogP) is 2.84. The van der Waals surface area contributed by atoms with Gasteiger partial charge < -0.3 is 4.42 Å². The molecule has 0 atom stereocenters. The Bertz CT molecular complexity index is 725. The molecule has 0 unspecified atom stereocenters. The van der Waals surface area contributed by atoms with Gasteiger partial charge in [-0.3, -0.25) is 4.79 Å². The number of rotatable bonds is 1. The van der Waals surface area contributed by atoms with Crippen molar-refractivity contribution in [2.45, 2.75) is 0 Å². The minimum atomic E-state index is -0.247. The highest BCUT2D eigenvalue weighted by molar-refractivity contribution is 6.34. The zero-order valence-electron chi connectivity index (χ0n) is 8.61. The molecule has 3 rings (SSSR count). The number of halogens is 1. The molecule has 0 aliphatic heterocycles. The van der Waals surface area contributed by atoms with Crippen LogP contribution in [0.2, 0.25) is 5.02 Å². The first-order chi connectivity index (χ1) is 8.24. The van der Waals surface area contributed by atoms with E-state index in [2.05, 4.69) is 10.2 Å². The maximum absolute atomic E-state index is 10.9. The third-order valence-electron chi connectivity index (χ3n) is 2.43. The van der Waals surface area contributed by atoms with Gasteiger partial charge in [0.2, 0.25) is 0 Å². The van der Waals surface area contributed by atoms with Crippen molar-refractivity contribution < 1.29 is 4.42 Å². The zero-order valence-corrected chi connectivity index (χ0v) is 9.36. The quantitative estimate of drug-likeness (QED) is 0.718. The minimum Gasteiger partial charge on any atom is -0.453 e. The van der Waals surface area contributed by atoms with Crippen LogP contribution in [-0.2, 0) is 0 Å². The number of fused-ring (bicyclic) bond motifs is 1. The van der Waals surface area contributed by atoms with Crippen LogP contribution in [-0.4, -0.2) is 10.2 Å². The Balaban J connectivity index is 2.21. The van der Waals surface area contributed by atoms with E-state index < -0.39 is 0 Å². The molecule has 0 aliphatic carbocycles. The molecular formula is C12H7ClN2O2. The number of aromatic amines is 1. The van der Waals surface area contributed by atoms with Gasteiger partial charge in [-0.1, -0.05) is 23.7 Å². The zero-order chi connectivity index (χ0) is 11.8. The first-order valence-corrected chi connectivity index (χ1v) is 5.36. The second-order valence-corrected chi connectivity index (χ2v) is 3.98. The number of nitrogens with zero attached hydrogens (tertiary/aromatic N) is 1. The lowest BCUT2D eigenvalue weighted by atomic mass is 10.2. The normalized spacial score (nSPS) is 10.9. The SMILES string of the molecule is O=c1ccc(-c2cc3cccc(Cl)c3o2)n[nH]1. The van der Waals surface area contributed by atoms with Crippen LogP contribution in [0.15, 0.2) is 45.6 Å². The lowest BCUT2D eigenvalue weighted by Crippen LogP contribution is -2.05. The van der Waals surface area contributed by atoms with E-state index in [-0.39, 0.29) is 5.56 Å². The summed E-state index contributed by atoms with van der Waals surface area (Å²) in [5, 5.41) is 7.71. The molecule has 0 fully saturated rings. The van der Waals surface area contributed by atoms with Crippen LogP contribution in [0, 0.1) is 0 Å². The van der Waals surface area contributed by atoms with Crippen molar-refractivity contribution in [1.82, 2.24) is 10.2 Å². The fourth-order valence-electron chi connectivity index (χ4n) is 1.64. The van der Waals surface area contributed by atoms with Crippen LogP contribution >= 0.6 is 11.6 Å². The Morgan fingerprint density at radius 3 is 2.82 bits per heavy atom. The van der Waals surface area contributed by atoms with Crippen LogP contribution in [0.3, 0.4) is 0 Å². The van der Waals surface area contributed by atoms with Crippen molar-refractivity contribution in [1.29, 1.82) is 0 Å². The van der Waals surface area contributed by atoms with Crippen molar-refractivity contribution in [3.63, 3.8) is 0 Å². The molecule has 0 saturated heterocycles. The average molecular weight is 247 g/mol. The highest BCUT2D eigenvalue weighted by Crippen LogP contribution is 2.30. The number of H-pyrrole nitrogens is 1. The lowest BCUT2D eigenvalue weighted by molar-refractivity contribution is 0.627. The molecule has 17 heavy (non-hydrogen) atoms. The topological polar surface area (TPSA) is 58.9 Å². The number of benzene rings is 1. The van der Waals surface area contributed by atoms with Gasteiger partial charge in [-0.25, -0.2) is 5.10 Å². The molecule has 4 nitrogen and oxygen atoms in total. The standard InChI is InChI=1S/C12H7ClN2O2/c13-8-3-1-2-7-6-10(17-12(7)8)9-4-5-11(16)15-14-9/h1-6H,(H,15,16). The van der Waals surface area contributed by atoms with Gasteiger partial charge >= 0.3 is 0 Å². The monoisotopic (exact) mass is 246 g/mol.